The van der Waals surface area contributed by atoms with Gasteiger partial charge in [-0.15, -0.1) is 0 Å². The molecule has 5 heteroatoms. The molecule has 1 rings (SSSR count). The monoisotopic (exact) mass is 293 g/mol. The van der Waals surface area contributed by atoms with Crippen molar-refractivity contribution in [2.45, 2.75) is 39.7 Å². The maximum Gasteiger partial charge on any atom is 0.338 e. The summed E-state index contributed by atoms with van der Waals surface area (Å²) >= 11 is 0. The van der Waals surface area contributed by atoms with Crippen LogP contribution in [0.1, 0.15) is 44.0 Å². The second-order valence-corrected chi connectivity index (χ2v) is 4.65. The molecule has 0 aliphatic carbocycles. The second kappa shape index (κ2) is 9.00. The van der Waals surface area contributed by atoms with Gasteiger partial charge in [-0.3, -0.25) is 4.79 Å². The number of nitrogens with one attached hydrogen (secondary N) is 1. The molecule has 21 heavy (non-hydrogen) atoms. The molecular formula is C16H23NO4. The fraction of sp³-hybridized carbons (Fsp3) is 0.500. The lowest BCUT2D eigenvalue weighted by atomic mass is 10.2. The smallest absolute Gasteiger partial charge is 0.338 e. The van der Waals surface area contributed by atoms with Crippen molar-refractivity contribution in [2.24, 2.45) is 0 Å². The number of amides is 1. The molecule has 0 radical (unpaired) electrons. The summed E-state index contributed by atoms with van der Waals surface area (Å²) in [6, 6.07) is 6.55. The summed E-state index contributed by atoms with van der Waals surface area (Å²) in [7, 11) is 0. The van der Waals surface area contributed by atoms with Crippen molar-refractivity contribution >= 4 is 11.9 Å². The fourth-order valence-corrected chi connectivity index (χ4v) is 1.67. The molecule has 1 N–H and O–H groups in total. The van der Waals surface area contributed by atoms with Gasteiger partial charge in [0.2, 0.25) is 0 Å². The highest BCUT2D eigenvalue weighted by Crippen LogP contribution is 2.14. The normalized spacial score (nSPS) is 11.6. The molecule has 0 aliphatic heterocycles. The molecule has 1 amide bonds. The molecule has 0 fully saturated rings. The molecule has 0 aliphatic rings. The Morgan fingerprint density at radius 2 is 1.86 bits per heavy atom. The van der Waals surface area contributed by atoms with E-state index in [0.29, 0.717) is 24.5 Å². The average Bonchev–Trinajstić information content (AvgIpc) is 2.48. The van der Waals surface area contributed by atoms with E-state index in [-0.39, 0.29) is 11.9 Å². The van der Waals surface area contributed by atoms with Crippen LogP contribution in [0, 0.1) is 0 Å². The number of esters is 1. The highest BCUT2D eigenvalue weighted by atomic mass is 16.5. The minimum atomic E-state index is -0.574. The first-order chi connectivity index (χ1) is 10.1. The molecule has 0 spiro atoms. The van der Waals surface area contributed by atoms with Gasteiger partial charge in [0, 0.05) is 6.54 Å². The summed E-state index contributed by atoms with van der Waals surface area (Å²) in [5.74, 6) is 0.0357. The van der Waals surface area contributed by atoms with Gasteiger partial charge in [-0.1, -0.05) is 13.3 Å². The summed E-state index contributed by atoms with van der Waals surface area (Å²) in [4.78, 5) is 23.3. The Labute approximate surface area is 125 Å². The summed E-state index contributed by atoms with van der Waals surface area (Å²) < 4.78 is 10.4. The predicted octanol–water partition coefficient (Wildman–Crippen LogP) is 2.55. The Morgan fingerprint density at radius 1 is 1.19 bits per heavy atom. The van der Waals surface area contributed by atoms with E-state index in [1.54, 1.807) is 38.1 Å². The summed E-state index contributed by atoms with van der Waals surface area (Å²) in [6.07, 6.45) is 1.41. The van der Waals surface area contributed by atoms with Crippen LogP contribution in [-0.2, 0) is 9.53 Å². The standard InChI is InChI=1S/C16H23NO4/c1-4-6-11-17-15(18)12(3)21-14-9-7-13(8-10-14)16(19)20-5-2/h7-10,12H,4-6,11H2,1-3H3,(H,17,18). The molecule has 0 saturated heterocycles. The molecule has 0 heterocycles. The van der Waals surface area contributed by atoms with Crippen molar-refractivity contribution in [1.82, 2.24) is 5.32 Å². The van der Waals surface area contributed by atoms with Crippen LogP contribution in [0.4, 0.5) is 0 Å². The minimum absolute atomic E-state index is 0.141. The lowest BCUT2D eigenvalue weighted by Crippen LogP contribution is -2.36. The van der Waals surface area contributed by atoms with Crippen LogP contribution in [0.25, 0.3) is 0 Å². The lowest BCUT2D eigenvalue weighted by molar-refractivity contribution is -0.127. The van der Waals surface area contributed by atoms with Gasteiger partial charge in [-0.05, 0) is 44.5 Å². The first-order valence-corrected chi connectivity index (χ1v) is 7.30. The summed E-state index contributed by atoms with van der Waals surface area (Å²) in [5.41, 5.74) is 0.462. The van der Waals surface area contributed by atoms with Gasteiger partial charge in [0.1, 0.15) is 5.75 Å². The molecular weight excluding hydrogens is 270 g/mol. The molecule has 1 aromatic rings. The van der Waals surface area contributed by atoms with Crippen molar-refractivity contribution in [1.29, 1.82) is 0 Å². The van der Waals surface area contributed by atoms with Gasteiger partial charge >= 0.3 is 5.97 Å². The molecule has 1 atom stereocenters. The zero-order chi connectivity index (χ0) is 15.7. The van der Waals surface area contributed by atoms with Gasteiger partial charge in [-0.25, -0.2) is 4.79 Å². The van der Waals surface area contributed by atoms with Crippen molar-refractivity contribution in [3.05, 3.63) is 29.8 Å². The van der Waals surface area contributed by atoms with E-state index in [1.807, 2.05) is 0 Å². The predicted molar refractivity (Wildman–Crippen MR) is 80.4 cm³/mol. The molecule has 1 unspecified atom stereocenters. The summed E-state index contributed by atoms with van der Waals surface area (Å²) in [5, 5.41) is 2.81. The molecule has 116 valence electrons. The van der Waals surface area contributed by atoms with Crippen molar-refractivity contribution in [3.63, 3.8) is 0 Å². The van der Waals surface area contributed by atoms with E-state index in [1.165, 1.54) is 0 Å². The average molecular weight is 293 g/mol. The maximum atomic E-state index is 11.8. The number of benzene rings is 1. The van der Waals surface area contributed by atoms with Crippen LogP contribution in [0.3, 0.4) is 0 Å². The quantitative estimate of drug-likeness (QED) is 0.591. The number of hydrogen-bond donors (Lipinski definition) is 1. The third kappa shape index (κ3) is 5.85. The third-order valence-electron chi connectivity index (χ3n) is 2.88. The minimum Gasteiger partial charge on any atom is -0.481 e. The number of unbranched alkanes of at least 4 members (excludes halogenated alkanes) is 1. The zero-order valence-electron chi connectivity index (χ0n) is 12.8. The van der Waals surface area contributed by atoms with E-state index in [2.05, 4.69) is 12.2 Å². The van der Waals surface area contributed by atoms with Crippen LogP contribution in [0.15, 0.2) is 24.3 Å². The fourth-order valence-electron chi connectivity index (χ4n) is 1.67. The molecule has 0 saturated carbocycles. The highest BCUT2D eigenvalue weighted by Gasteiger charge is 2.14. The third-order valence-corrected chi connectivity index (χ3v) is 2.88. The van der Waals surface area contributed by atoms with Crippen molar-refractivity contribution in [3.8, 4) is 5.75 Å². The van der Waals surface area contributed by atoms with Gasteiger partial charge < -0.3 is 14.8 Å². The van der Waals surface area contributed by atoms with Gasteiger partial charge in [0.25, 0.3) is 5.91 Å². The lowest BCUT2D eigenvalue weighted by Gasteiger charge is -2.14. The first kappa shape index (κ1) is 17.0. The van der Waals surface area contributed by atoms with Gasteiger partial charge in [0.15, 0.2) is 6.10 Å². The van der Waals surface area contributed by atoms with Gasteiger partial charge in [-0.2, -0.15) is 0 Å². The largest absolute Gasteiger partial charge is 0.481 e. The van der Waals surface area contributed by atoms with E-state index < -0.39 is 6.10 Å². The Bertz CT molecular complexity index is 456. The number of rotatable bonds is 8. The molecule has 0 bridgehead atoms. The molecule has 5 nitrogen and oxygen atoms in total. The van der Waals surface area contributed by atoms with Crippen LogP contribution in [0.5, 0.6) is 5.75 Å². The van der Waals surface area contributed by atoms with E-state index in [4.69, 9.17) is 9.47 Å². The van der Waals surface area contributed by atoms with E-state index in [0.717, 1.165) is 12.8 Å². The topological polar surface area (TPSA) is 64.6 Å². The van der Waals surface area contributed by atoms with Crippen LogP contribution < -0.4 is 10.1 Å². The second-order valence-electron chi connectivity index (χ2n) is 4.65. The Kier molecular flexibility index (Phi) is 7.29. The van der Waals surface area contributed by atoms with Gasteiger partial charge in [0.05, 0.1) is 12.2 Å². The number of carbonyl (C=O) groups is 2. The Hall–Kier alpha value is -2.04. The molecule has 1 aromatic carbocycles. The van der Waals surface area contributed by atoms with E-state index >= 15 is 0 Å². The van der Waals surface area contributed by atoms with Crippen molar-refractivity contribution in [2.75, 3.05) is 13.2 Å². The van der Waals surface area contributed by atoms with Crippen LogP contribution in [-0.4, -0.2) is 31.1 Å². The number of ether oxygens (including phenoxy) is 2. The number of carbonyl (C=O) groups excluding carboxylic acids is 2. The molecule has 0 aromatic heterocycles. The highest BCUT2D eigenvalue weighted by molar-refractivity contribution is 5.89. The Morgan fingerprint density at radius 3 is 2.43 bits per heavy atom. The zero-order valence-corrected chi connectivity index (χ0v) is 12.8. The van der Waals surface area contributed by atoms with E-state index in [9.17, 15) is 9.59 Å². The Balaban J connectivity index is 2.51. The first-order valence-electron chi connectivity index (χ1n) is 7.30. The van der Waals surface area contributed by atoms with Crippen LogP contribution in [0.2, 0.25) is 0 Å². The number of hydrogen-bond acceptors (Lipinski definition) is 4. The summed E-state index contributed by atoms with van der Waals surface area (Å²) in [6.45, 7) is 6.52. The SMILES string of the molecule is CCCCNC(=O)C(C)Oc1ccc(C(=O)OCC)cc1. The maximum absolute atomic E-state index is 11.8. The van der Waals surface area contributed by atoms with Crippen LogP contribution >= 0.6 is 0 Å². The van der Waals surface area contributed by atoms with Crippen molar-refractivity contribution < 1.29 is 19.1 Å².